The molecule has 3 aromatic rings. The zero-order chi connectivity index (χ0) is 22.6. The summed E-state index contributed by atoms with van der Waals surface area (Å²) in [6.07, 6.45) is -1.80. The summed E-state index contributed by atoms with van der Waals surface area (Å²) in [6.45, 7) is 1.99. The summed E-state index contributed by atoms with van der Waals surface area (Å²) in [6, 6.07) is 16.3. The van der Waals surface area contributed by atoms with Crippen LogP contribution in [-0.2, 0) is 15.7 Å². The number of carbonyl (C=O) groups is 1. The van der Waals surface area contributed by atoms with Crippen LogP contribution in [0.3, 0.4) is 0 Å². The number of carbonyl (C=O) groups excluding carboxylic acids is 1. The maximum Gasteiger partial charge on any atom is 0.416 e. The van der Waals surface area contributed by atoms with E-state index in [9.17, 15) is 18.0 Å². The fourth-order valence-corrected chi connectivity index (χ4v) is 3.42. The normalized spacial score (nSPS) is 14.7. The van der Waals surface area contributed by atoms with Crippen molar-refractivity contribution < 1.29 is 27.1 Å². The second-order valence-corrected chi connectivity index (χ2v) is 7.22. The van der Waals surface area contributed by atoms with E-state index in [2.05, 4.69) is 5.32 Å². The summed E-state index contributed by atoms with van der Waals surface area (Å²) in [5, 5.41) is 2.58. The van der Waals surface area contributed by atoms with Gasteiger partial charge >= 0.3 is 6.18 Å². The standard InChI is InChI=1S/C24H21F3N2O3/c25-24(26,27)18-6-9-21(29-12-14-31-15-13-29)20(16-18)28-23(30)11-8-19-7-10-22(32-19)17-4-2-1-3-5-17/h1-11,16H,12-15H2,(H,28,30)/b11-8+. The number of anilines is 2. The molecule has 1 amide bonds. The zero-order valence-electron chi connectivity index (χ0n) is 17.1. The third-order valence-electron chi connectivity index (χ3n) is 5.02. The van der Waals surface area contributed by atoms with Gasteiger partial charge in [-0.05, 0) is 36.4 Å². The van der Waals surface area contributed by atoms with Gasteiger partial charge in [-0.3, -0.25) is 4.79 Å². The van der Waals surface area contributed by atoms with Crippen LogP contribution < -0.4 is 10.2 Å². The molecule has 1 N–H and O–H groups in total. The lowest BCUT2D eigenvalue weighted by Crippen LogP contribution is -2.36. The second-order valence-electron chi connectivity index (χ2n) is 7.22. The Kier molecular flexibility index (Phi) is 6.32. The van der Waals surface area contributed by atoms with E-state index in [4.69, 9.17) is 9.15 Å². The molecule has 1 aromatic heterocycles. The van der Waals surface area contributed by atoms with E-state index >= 15 is 0 Å². The molecule has 8 heteroatoms. The van der Waals surface area contributed by atoms with Gasteiger partial charge in [0.05, 0.1) is 30.2 Å². The molecule has 0 radical (unpaired) electrons. The Balaban J connectivity index is 1.52. The van der Waals surface area contributed by atoms with Gasteiger partial charge in [-0.25, -0.2) is 0 Å². The molecule has 1 aliphatic heterocycles. The van der Waals surface area contributed by atoms with Crippen molar-refractivity contribution in [1.29, 1.82) is 0 Å². The zero-order valence-corrected chi connectivity index (χ0v) is 17.1. The Labute approximate surface area is 183 Å². The van der Waals surface area contributed by atoms with Crippen LogP contribution in [0.2, 0.25) is 0 Å². The first-order valence-corrected chi connectivity index (χ1v) is 10.1. The molecule has 1 aliphatic rings. The van der Waals surface area contributed by atoms with Gasteiger partial charge in [0.2, 0.25) is 5.91 Å². The van der Waals surface area contributed by atoms with E-state index in [-0.39, 0.29) is 5.69 Å². The predicted molar refractivity (Wildman–Crippen MR) is 116 cm³/mol. The molecule has 1 saturated heterocycles. The summed E-state index contributed by atoms with van der Waals surface area (Å²) in [4.78, 5) is 14.4. The van der Waals surface area contributed by atoms with Gasteiger partial charge in [0, 0.05) is 24.7 Å². The number of nitrogens with one attached hydrogen (secondary N) is 1. The van der Waals surface area contributed by atoms with Gasteiger partial charge in [-0.1, -0.05) is 30.3 Å². The van der Waals surface area contributed by atoms with E-state index in [1.54, 1.807) is 12.1 Å². The number of hydrogen-bond donors (Lipinski definition) is 1. The summed E-state index contributed by atoms with van der Waals surface area (Å²) in [5.41, 5.74) is 0.691. The Morgan fingerprint density at radius 3 is 2.47 bits per heavy atom. The Morgan fingerprint density at radius 1 is 1.00 bits per heavy atom. The van der Waals surface area contributed by atoms with Crippen molar-refractivity contribution in [2.24, 2.45) is 0 Å². The first kappa shape index (κ1) is 21.7. The Bertz CT molecular complexity index is 1100. The molecule has 0 unspecified atom stereocenters. The lowest BCUT2D eigenvalue weighted by Gasteiger charge is -2.30. The number of amides is 1. The minimum absolute atomic E-state index is 0.0980. The molecular weight excluding hydrogens is 421 g/mol. The molecule has 5 nitrogen and oxygen atoms in total. The van der Waals surface area contributed by atoms with E-state index in [1.165, 1.54) is 18.2 Å². The van der Waals surface area contributed by atoms with E-state index in [1.807, 2.05) is 35.2 Å². The summed E-state index contributed by atoms with van der Waals surface area (Å²) < 4.78 is 50.7. The maximum absolute atomic E-state index is 13.2. The first-order chi connectivity index (χ1) is 15.4. The van der Waals surface area contributed by atoms with E-state index in [0.29, 0.717) is 43.5 Å². The molecular formula is C24H21F3N2O3. The van der Waals surface area contributed by atoms with Crippen molar-refractivity contribution in [3.05, 3.63) is 78.1 Å². The van der Waals surface area contributed by atoms with E-state index in [0.717, 1.165) is 17.7 Å². The third kappa shape index (κ3) is 5.20. The van der Waals surface area contributed by atoms with Gasteiger partial charge in [0.15, 0.2) is 0 Å². The van der Waals surface area contributed by atoms with Crippen LogP contribution in [0.1, 0.15) is 11.3 Å². The minimum atomic E-state index is -4.51. The highest BCUT2D eigenvalue weighted by molar-refractivity contribution is 6.03. The van der Waals surface area contributed by atoms with Crippen molar-refractivity contribution in [3.8, 4) is 11.3 Å². The van der Waals surface area contributed by atoms with Crippen LogP contribution in [-0.4, -0.2) is 32.2 Å². The smallest absolute Gasteiger partial charge is 0.416 e. The highest BCUT2D eigenvalue weighted by Crippen LogP contribution is 2.35. The van der Waals surface area contributed by atoms with Gasteiger partial charge in [-0.2, -0.15) is 13.2 Å². The number of furan rings is 1. The van der Waals surface area contributed by atoms with Crippen LogP contribution in [0, 0.1) is 0 Å². The van der Waals surface area contributed by atoms with Crippen LogP contribution in [0.25, 0.3) is 17.4 Å². The summed E-state index contributed by atoms with van der Waals surface area (Å²) in [5.74, 6) is 0.547. The topological polar surface area (TPSA) is 54.7 Å². The lowest BCUT2D eigenvalue weighted by atomic mass is 10.1. The van der Waals surface area contributed by atoms with Crippen molar-refractivity contribution in [3.63, 3.8) is 0 Å². The Morgan fingerprint density at radius 2 is 1.75 bits per heavy atom. The van der Waals surface area contributed by atoms with Gasteiger partial charge in [0.1, 0.15) is 11.5 Å². The number of rotatable bonds is 5. The molecule has 2 heterocycles. The number of hydrogen-bond acceptors (Lipinski definition) is 4. The largest absolute Gasteiger partial charge is 0.457 e. The molecule has 1 fully saturated rings. The highest BCUT2D eigenvalue weighted by atomic mass is 19.4. The number of benzene rings is 2. The number of ether oxygens (including phenoxy) is 1. The average Bonchev–Trinajstić information content (AvgIpc) is 3.27. The SMILES string of the molecule is O=C(/C=C/c1ccc(-c2ccccc2)o1)Nc1cc(C(F)(F)F)ccc1N1CCOCC1. The molecule has 0 spiro atoms. The van der Waals surface area contributed by atoms with Gasteiger partial charge < -0.3 is 19.4 Å². The maximum atomic E-state index is 13.2. The summed E-state index contributed by atoms with van der Waals surface area (Å²) in [7, 11) is 0. The van der Waals surface area contributed by atoms with Crippen LogP contribution in [0.5, 0.6) is 0 Å². The average molecular weight is 442 g/mol. The van der Waals surface area contributed by atoms with Crippen molar-refractivity contribution in [2.45, 2.75) is 6.18 Å². The molecule has 4 rings (SSSR count). The molecule has 0 aliphatic carbocycles. The molecule has 2 aromatic carbocycles. The fourth-order valence-electron chi connectivity index (χ4n) is 3.42. The van der Waals surface area contributed by atoms with Crippen molar-refractivity contribution in [2.75, 3.05) is 36.5 Å². The monoisotopic (exact) mass is 442 g/mol. The molecule has 0 bridgehead atoms. The summed E-state index contributed by atoms with van der Waals surface area (Å²) >= 11 is 0. The molecule has 166 valence electrons. The van der Waals surface area contributed by atoms with Crippen molar-refractivity contribution >= 4 is 23.4 Å². The predicted octanol–water partition coefficient (Wildman–Crippen LogP) is 5.45. The van der Waals surface area contributed by atoms with Crippen LogP contribution >= 0.6 is 0 Å². The fraction of sp³-hybridized carbons (Fsp3) is 0.208. The number of nitrogens with zero attached hydrogens (tertiary/aromatic N) is 1. The highest BCUT2D eigenvalue weighted by Gasteiger charge is 2.31. The van der Waals surface area contributed by atoms with Crippen LogP contribution in [0.4, 0.5) is 24.5 Å². The number of morpholine rings is 1. The lowest BCUT2D eigenvalue weighted by molar-refractivity contribution is -0.137. The molecule has 0 atom stereocenters. The third-order valence-corrected chi connectivity index (χ3v) is 5.02. The van der Waals surface area contributed by atoms with E-state index < -0.39 is 17.6 Å². The van der Waals surface area contributed by atoms with Gasteiger partial charge in [-0.15, -0.1) is 0 Å². The number of halogens is 3. The second kappa shape index (κ2) is 9.32. The van der Waals surface area contributed by atoms with Crippen molar-refractivity contribution in [1.82, 2.24) is 0 Å². The quantitative estimate of drug-likeness (QED) is 0.534. The molecule has 0 saturated carbocycles. The molecule has 32 heavy (non-hydrogen) atoms. The number of alkyl halides is 3. The van der Waals surface area contributed by atoms with Gasteiger partial charge in [0.25, 0.3) is 0 Å². The minimum Gasteiger partial charge on any atom is -0.457 e. The van der Waals surface area contributed by atoms with Crippen LogP contribution in [0.15, 0.2) is 71.2 Å². The first-order valence-electron chi connectivity index (χ1n) is 10.1. The Hall–Kier alpha value is -3.52.